The maximum absolute atomic E-state index is 5.84. The Morgan fingerprint density at radius 1 is 1.38 bits per heavy atom. The maximum Gasteiger partial charge on any atom is 0.0955 e. The van der Waals surface area contributed by atoms with Crippen LogP contribution in [-0.4, -0.2) is 60.6 Å². The van der Waals surface area contributed by atoms with Gasteiger partial charge in [0.1, 0.15) is 0 Å². The summed E-state index contributed by atoms with van der Waals surface area (Å²) in [6.45, 7) is 3.24. The lowest BCUT2D eigenvalue weighted by atomic mass is 10.0. The highest BCUT2D eigenvalue weighted by atomic mass is 32.1. The first-order valence-electron chi connectivity index (χ1n) is 7.36. The second-order valence-corrected chi connectivity index (χ2v) is 6.98. The van der Waals surface area contributed by atoms with Crippen LogP contribution in [0.4, 0.5) is 0 Å². The summed E-state index contributed by atoms with van der Waals surface area (Å²) in [5, 5.41) is 1.15. The van der Waals surface area contributed by atoms with Crippen LogP contribution in [0.1, 0.15) is 5.01 Å². The van der Waals surface area contributed by atoms with E-state index >= 15 is 0 Å². The summed E-state index contributed by atoms with van der Waals surface area (Å²) in [4.78, 5) is 9.50. The zero-order valence-corrected chi connectivity index (χ0v) is 13.4. The van der Waals surface area contributed by atoms with Crippen LogP contribution in [0.15, 0.2) is 24.3 Å². The lowest BCUT2D eigenvalue weighted by Gasteiger charge is -2.41. The Morgan fingerprint density at radius 3 is 2.95 bits per heavy atom. The van der Waals surface area contributed by atoms with Crippen molar-refractivity contribution in [3.63, 3.8) is 0 Å². The van der Waals surface area contributed by atoms with Crippen LogP contribution in [0, 0.1) is 0 Å². The minimum atomic E-state index is 0.221. The SMILES string of the molecule is CN1CCN(C)C(C(Cc2nc3ccccc3s2)NN)C1. The smallest absolute Gasteiger partial charge is 0.0955 e. The monoisotopic (exact) mass is 305 g/mol. The Kier molecular flexibility index (Phi) is 4.51. The van der Waals surface area contributed by atoms with Crippen molar-refractivity contribution in [2.75, 3.05) is 33.7 Å². The van der Waals surface area contributed by atoms with Crippen molar-refractivity contribution < 1.29 is 0 Å². The Bertz CT molecular complexity index is 566. The number of nitrogens with two attached hydrogens (primary N) is 1. The molecule has 0 amide bonds. The molecule has 1 aliphatic heterocycles. The van der Waals surface area contributed by atoms with E-state index in [1.54, 1.807) is 11.3 Å². The number of likely N-dealkylation sites (N-methyl/N-ethyl adjacent to an activating group) is 2. The molecule has 5 nitrogen and oxygen atoms in total. The number of para-hydroxylation sites is 1. The van der Waals surface area contributed by atoms with Gasteiger partial charge >= 0.3 is 0 Å². The van der Waals surface area contributed by atoms with E-state index in [2.05, 4.69) is 47.5 Å². The molecule has 2 heterocycles. The maximum atomic E-state index is 5.84. The lowest BCUT2D eigenvalue weighted by Crippen LogP contribution is -2.60. The third-order valence-corrected chi connectivity index (χ3v) is 5.37. The number of rotatable bonds is 4. The largest absolute Gasteiger partial charge is 0.303 e. The molecule has 1 aromatic heterocycles. The molecular formula is C15H23N5S. The molecule has 6 heteroatoms. The number of thiazole rings is 1. The molecule has 21 heavy (non-hydrogen) atoms. The minimum Gasteiger partial charge on any atom is -0.303 e. The van der Waals surface area contributed by atoms with E-state index in [-0.39, 0.29) is 6.04 Å². The van der Waals surface area contributed by atoms with Crippen molar-refractivity contribution in [2.24, 2.45) is 5.84 Å². The van der Waals surface area contributed by atoms with E-state index in [0.717, 1.165) is 36.6 Å². The van der Waals surface area contributed by atoms with Crippen LogP contribution in [0.5, 0.6) is 0 Å². The van der Waals surface area contributed by atoms with Gasteiger partial charge < -0.3 is 4.90 Å². The van der Waals surface area contributed by atoms with Crippen molar-refractivity contribution in [3.05, 3.63) is 29.3 Å². The fourth-order valence-corrected chi connectivity index (χ4v) is 4.01. The van der Waals surface area contributed by atoms with E-state index < -0.39 is 0 Å². The van der Waals surface area contributed by atoms with Crippen molar-refractivity contribution in [1.82, 2.24) is 20.2 Å². The molecule has 3 rings (SSSR count). The van der Waals surface area contributed by atoms with Crippen molar-refractivity contribution in [2.45, 2.75) is 18.5 Å². The first kappa shape index (κ1) is 14.9. The number of piperazine rings is 1. The van der Waals surface area contributed by atoms with Gasteiger partial charge in [-0.3, -0.25) is 16.2 Å². The first-order valence-corrected chi connectivity index (χ1v) is 8.18. The highest BCUT2D eigenvalue weighted by Gasteiger charge is 2.30. The molecule has 3 N–H and O–H groups in total. The number of aromatic nitrogens is 1. The predicted molar refractivity (Wildman–Crippen MR) is 88.4 cm³/mol. The number of nitrogens with one attached hydrogen (secondary N) is 1. The number of nitrogens with zero attached hydrogens (tertiary/aromatic N) is 3. The van der Waals surface area contributed by atoms with E-state index in [4.69, 9.17) is 10.8 Å². The summed E-state index contributed by atoms with van der Waals surface area (Å²) < 4.78 is 1.25. The van der Waals surface area contributed by atoms with Gasteiger partial charge in [0.2, 0.25) is 0 Å². The first-order chi connectivity index (χ1) is 10.2. The quantitative estimate of drug-likeness (QED) is 0.650. The zero-order chi connectivity index (χ0) is 14.8. The normalized spacial score (nSPS) is 22.7. The van der Waals surface area contributed by atoms with Crippen molar-refractivity contribution in [1.29, 1.82) is 0 Å². The minimum absolute atomic E-state index is 0.221. The van der Waals surface area contributed by atoms with Crippen molar-refractivity contribution in [3.8, 4) is 0 Å². The Labute approximate surface area is 129 Å². The van der Waals surface area contributed by atoms with Gasteiger partial charge in [-0.15, -0.1) is 11.3 Å². The summed E-state index contributed by atoms with van der Waals surface area (Å²) in [5.41, 5.74) is 4.10. The number of hydrogen-bond donors (Lipinski definition) is 2. The number of hydrazine groups is 1. The van der Waals surface area contributed by atoms with Gasteiger partial charge in [-0.1, -0.05) is 12.1 Å². The molecular weight excluding hydrogens is 282 g/mol. The molecule has 0 saturated carbocycles. The Balaban J connectivity index is 1.76. The van der Waals surface area contributed by atoms with E-state index in [1.165, 1.54) is 4.70 Å². The number of benzene rings is 1. The van der Waals surface area contributed by atoms with Gasteiger partial charge in [-0.2, -0.15) is 0 Å². The standard InChI is InChI=1S/C15H23N5S/c1-19-7-8-20(2)13(10-19)12(18-16)9-15-17-11-5-3-4-6-14(11)21-15/h3-6,12-13,18H,7-10,16H2,1-2H3. The fourth-order valence-electron chi connectivity index (χ4n) is 2.98. The highest BCUT2D eigenvalue weighted by molar-refractivity contribution is 7.18. The average molecular weight is 305 g/mol. The summed E-state index contributed by atoms with van der Waals surface area (Å²) in [5.74, 6) is 5.84. The molecule has 0 spiro atoms. The molecule has 1 fully saturated rings. The van der Waals surface area contributed by atoms with Gasteiger partial charge in [0, 0.05) is 38.1 Å². The molecule has 0 bridgehead atoms. The number of hydrogen-bond acceptors (Lipinski definition) is 6. The van der Waals surface area contributed by atoms with Gasteiger partial charge in [-0.25, -0.2) is 4.98 Å². The summed E-state index contributed by atoms with van der Waals surface area (Å²) in [6, 6.07) is 8.93. The second-order valence-electron chi connectivity index (χ2n) is 5.86. The number of fused-ring (bicyclic) bond motifs is 1. The third kappa shape index (κ3) is 3.25. The summed E-state index contributed by atoms with van der Waals surface area (Å²) >= 11 is 1.77. The molecule has 1 saturated heterocycles. The predicted octanol–water partition coefficient (Wildman–Crippen LogP) is 0.916. The average Bonchev–Trinajstić information content (AvgIpc) is 2.90. The highest BCUT2D eigenvalue weighted by Crippen LogP contribution is 2.23. The van der Waals surface area contributed by atoms with E-state index in [1.807, 2.05) is 6.07 Å². The van der Waals surface area contributed by atoms with Gasteiger partial charge in [0.15, 0.2) is 0 Å². The second kappa shape index (κ2) is 6.37. The summed E-state index contributed by atoms with van der Waals surface area (Å²) in [6.07, 6.45) is 0.874. The van der Waals surface area contributed by atoms with Crippen LogP contribution >= 0.6 is 11.3 Å². The molecule has 2 aromatic rings. The molecule has 1 aromatic carbocycles. The van der Waals surface area contributed by atoms with E-state index in [0.29, 0.717) is 6.04 Å². The molecule has 114 valence electrons. The summed E-state index contributed by atoms with van der Waals surface area (Å²) in [7, 11) is 4.35. The molecule has 1 aliphatic rings. The topological polar surface area (TPSA) is 57.4 Å². The Morgan fingerprint density at radius 2 is 2.19 bits per heavy atom. The van der Waals surface area contributed by atoms with Crippen LogP contribution in [0.3, 0.4) is 0 Å². The zero-order valence-electron chi connectivity index (χ0n) is 12.6. The van der Waals surface area contributed by atoms with Crippen LogP contribution < -0.4 is 11.3 Å². The van der Waals surface area contributed by atoms with Crippen LogP contribution in [0.2, 0.25) is 0 Å². The van der Waals surface area contributed by atoms with Crippen LogP contribution in [-0.2, 0) is 6.42 Å². The Hall–Kier alpha value is -1.05. The van der Waals surface area contributed by atoms with Crippen LogP contribution in [0.25, 0.3) is 10.2 Å². The van der Waals surface area contributed by atoms with Gasteiger partial charge in [-0.05, 0) is 26.2 Å². The third-order valence-electron chi connectivity index (χ3n) is 4.31. The van der Waals surface area contributed by atoms with Crippen molar-refractivity contribution >= 4 is 21.6 Å². The molecule has 0 radical (unpaired) electrons. The molecule has 2 atom stereocenters. The molecule has 2 unspecified atom stereocenters. The fraction of sp³-hybridized carbons (Fsp3) is 0.533. The van der Waals surface area contributed by atoms with E-state index in [9.17, 15) is 0 Å². The molecule has 0 aliphatic carbocycles. The van der Waals surface area contributed by atoms with Gasteiger partial charge in [0.05, 0.1) is 15.2 Å². The lowest BCUT2D eigenvalue weighted by molar-refractivity contribution is 0.0877. The van der Waals surface area contributed by atoms with Gasteiger partial charge in [0.25, 0.3) is 0 Å².